The smallest absolute Gasteiger partial charge is 0.123 e. The van der Waals surface area contributed by atoms with Crippen molar-refractivity contribution >= 4 is 5.69 Å². The fourth-order valence-corrected chi connectivity index (χ4v) is 1.90. The Balaban J connectivity index is 1.84. The van der Waals surface area contributed by atoms with E-state index in [2.05, 4.69) is 5.32 Å². The molecular weight excluding hydrogens is 250 g/mol. The second kappa shape index (κ2) is 7.43. The minimum atomic E-state index is 0.0760. The fraction of sp³-hybridized carbons (Fsp3) is 0.294. The zero-order valence-corrected chi connectivity index (χ0v) is 12.0. The third-order valence-electron chi connectivity index (χ3n) is 2.82. The molecule has 1 atom stereocenters. The normalized spacial score (nSPS) is 11.7. The van der Waals surface area contributed by atoms with Crippen LogP contribution in [0.15, 0.2) is 54.6 Å². The Bertz CT molecular complexity index is 513. The Morgan fingerprint density at radius 1 is 1.00 bits per heavy atom. The van der Waals surface area contributed by atoms with E-state index in [1.54, 1.807) is 0 Å². The highest BCUT2D eigenvalue weighted by molar-refractivity contribution is 5.42. The summed E-state index contributed by atoms with van der Waals surface area (Å²) >= 11 is 0. The van der Waals surface area contributed by atoms with Crippen LogP contribution in [0.5, 0.6) is 11.5 Å². The van der Waals surface area contributed by atoms with Gasteiger partial charge < -0.3 is 14.8 Å². The third-order valence-corrected chi connectivity index (χ3v) is 2.82. The molecule has 1 N–H and O–H groups in total. The van der Waals surface area contributed by atoms with Crippen molar-refractivity contribution in [2.45, 2.75) is 20.0 Å². The monoisotopic (exact) mass is 271 g/mol. The van der Waals surface area contributed by atoms with Gasteiger partial charge in [0, 0.05) is 11.8 Å². The Labute approximate surface area is 120 Å². The molecule has 3 heteroatoms. The molecule has 3 nitrogen and oxygen atoms in total. The number of ether oxygens (including phenoxy) is 2. The van der Waals surface area contributed by atoms with Gasteiger partial charge in [0.25, 0.3) is 0 Å². The summed E-state index contributed by atoms with van der Waals surface area (Å²) in [5.74, 6) is 1.67. The summed E-state index contributed by atoms with van der Waals surface area (Å²) in [6.45, 7) is 5.43. The number of para-hydroxylation sites is 1. The van der Waals surface area contributed by atoms with Gasteiger partial charge in [-0.2, -0.15) is 0 Å². The highest BCUT2D eigenvalue weighted by Crippen LogP contribution is 2.20. The van der Waals surface area contributed by atoms with Gasteiger partial charge >= 0.3 is 0 Å². The highest BCUT2D eigenvalue weighted by atomic mass is 16.5. The van der Waals surface area contributed by atoms with Crippen molar-refractivity contribution in [3.05, 3.63) is 54.6 Å². The summed E-state index contributed by atoms with van der Waals surface area (Å²) in [5, 5.41) is 3.35. The Morgan fingerprint density at radius 2 is 1.75 bits per heavy atom. The molecule has 20 heavy (non-hydrogen) atoms. The first kappa shape index (κ1) is 14.3. The average molecular weight is 271 g/mol. The van der Waals surface area contributed by atoms with Crippen molar-refractivity contribution in [1.82, 2.24) is 0 Å². The minimum absolute atomic E-state index is 0.0760. The van der Waals surface area contributed by atoms with Gasteiger partial charge in [-0.3, -0.25) is 0 Å². The van der Waals surface area contributed by atoms with E-state index in [0.717, 1.165) is 23.7 Å². The second-order valence-corrected chi connectivity index (χ2v) is 4.58. The first-order chi connectivity index (χ1) is 9.78. The van der Waals surface area contributed by atoms with Crippen molar-refractivity contribution in [2.24, 2.45) is 0 Å². The molecule has 0 heterocycles. The second-order valence-electron chi connectivity index (χ2n) is 4.58. The molecule has 0 fully saturated rings. The van der Waals surface area contributed by atoms with E-state index in [4.69, 9.17) is 9.47 Å². The molecule has 2 aromatic rings. The lowest BCUT2D eigenvalue weighted by Gasteiger charge is -2.16. The van der Waals surface area contributed by atoms with Gasteiger partial charge in [-0.15, -0.1) is 0 Å². The number of hydrogen-bond acceptors (Lipinski definition) is 3. The summed E-state index contributed by atoms with van der Waals surface area (Å²) in [4.78, 5) is 0. The standard InChI is InChI=1S/C17H21NO2/c1-3-19-16-10-7-11-17(12-16)20-14(2)13-18-15-8-5-4-6-9-15/h4-12,14,18H,3,13H2,1-2H3. The van der Waals surface area contributed by atoms with Crippen LogP contribution in [-0.4, -0.2) is 19.3 Å². The summed E-state index contributed by atoms with van der Waals surface area (Å²) in [6.07, 6.45) is 0.0760. The van der Waals surface area contributed by atoms with Crippen LogP contribution in [0, 0.1) is 0 Å². The first-order valence-electron chi connectivity index (χ1n) is 6.96. The van der Waals surface area contributed by atoms with Gasteiger partial charge in [0.2, 0.25) is 0 Å². The van der Waals surface area contributed by atoms with Crippen LogP contribution in [0.2, 0.25) is 0 Å². The maximum absolute atomic E-state index is 5.88. The van der Waals surface area contributed by atoms with Crippen molar-refractivity contribution in [2.75, 3.05) is 18.5 Å². The van der Waals surface area contributed by atoms with Crippen LogP contribution in [0.4, 0.5) is 5.69 Å². The number of hydrogen-bond donors (Lipinski definition) is 1. The molecule has 0 spiro atoms. The number of nitrogens with one attached hydrogen (secondary N) is 1. The average Bonchev–Trinajstić information content (AvgIpc) is 2.47. The predicted molar refractivity (Wildman–Crippen MR) is 82.6 cm³/mol. The maximum atomic E-state index is 5.88. The van der Waals surface area contributed by atoms with E-state index in [9.17, 15) is 0 Å². The zero-order valence-electron chi connectivity index (χ0n) is 12.0. The van der Waals surface area contributed by atoms with Crippen LogP contribution >= 0.6 is 0 Å². The van der Waals surface area contributed by atoms with Gasteiger partial charge in [-0.25, -0.2) is 0 Å². The van der Waals surface area contributed by atoms with Crippen LogP contribution in [-0.2, 0) is 0 Å². The minimum Gasteiger partial charge on any atom is -0.494 e. The van der Waals surface area contributed by atoms with Gasteiger partial charge in [-0.05, 0) is 38.1 Å². The third kappa shape index (κ3) is 4.50. The lowest BCUT2D eigenvalue weighted by Crippen LogP contribution is -2.22. The molecular formula is C17H21NO2. The largest absolute Gasteiger partial charge is 0.494 e. The van der Waals surface area contributed by atoms with E-state index in [-0.39, 0.29) is 6.10 Å². The van der Waals surface area contributed by atoms with E-state index in [0.29, 0.717) is 6.61 Å². The van der Waals surface area contributed by atoms with Crippen LogP contribution in [0.1, 0.15) is 13.8 Å². The van der Waals surface area contributed by atoms with Crippen molar-refractivity contribution in [3.63, 3.8) is 0 Å². The van der Waals surface area contributed by atoms with E-state index >= 15 is 0 Å². The van der Waals surface area contributed by atoms with Crippen molar-refractivity contribution in [3.8, 4) is 11.5 Å². The molecule has 0 aliphatic heterocycles. The van der Waals surface area contributed by atoms with Crippen LogP contribution < -0.4 is 14.8 Å². The SMILES string of the molecule is CCOc1cccc(OC(C)CNc2ccccc2)c1. The predicted octanol–water partition coefficient (Wildman–Crippen LogP) is 3.96. The zero-order chi connectivity index (χ0) is 14.2. The lowest BCUT2D eigenvalue weighted by atomic mass is 10.3. The molecule has 0 radical (unpaired) electrons. The van der Waals surface area contributed by atoms with Gasteiger partial charge in [0.15, 0.2) is 0 Å². The molecule has 0 amide bonds. The van der Waals surface area contributed by atoms with Gasteiger partial charge in [0.05, 0.1) is 13.2 Å². The molecule has 106 valence electrons. The molecule has 0 saturated heterocycles. The quantitative estimate of drug-likeness (QED) is 0.826. The van der Waals surface area contributed by atoms with Crippen LogP contribution in [0.3, 0.4) is 0 Å². The molecule has 2 rings (SSSR count). The number of benzene rings is 2. The maximum Gasteiger partial charge on any atom is 0.123 e. The summed E-state index contributed by atoms with van der Waals surface area (Å²) in [5.41, 5.74) is 1.10. The fourth-order valence-electron chi connectivity index (χ4n) is 1.90. The summed E-state index contributed by atoms with van der Waals surface area (Å²) < 4.78 is 11.3. The first-order valence-corrected chi connectivity index (χ1v) is 6.96. The summed E-state index contributed by atoms with van der Waals surface area (Å²) in [7, 11) is 0. The molecule has 2 aromatic carbocycles. The molecule has 0 aromatic heterocycles. The Morgan fingerprint density at radius 3 is 2.50 bits per heavy atom. The highest BCUT2D eigenvalue weighted by Gasteiger charge is 2.05. The molecule has 0 bridgehead atoms. The molecule has 0 saturated carbocycles. The number of anilines is 1. The van der Waals surface area contributed by atoms with Gasteiger partial charge in [0.1, 0.15) is 17.6 Å². The molecule has 0 aliphatic rings. The number of rotatable bonds is 7. The Kier molecular flexibility index (Phi) is 5.30. The van der Waals surface area contributed by atoms with Crippen molar-refractivity contribution < 1.29 is 9.47 Å². The van der Waals surface area contributed by atoms with Crippen LogP contribution in [0.25, 0.3) is 0 Å². The van der Waals surface area contributed by atoms with Gasteiger partial charge in [-0.1, -0.05) is 24.3 Å². The molecule has 0 aliphatic carbocycles. The Hall–Kier alpha value is -2.16. The molecule has 1 unspecified atom stereocenters. The summed E-state index contributed by atoms with van der Waals surface area (Å²) in [6, 6.07) is 17.9. The topological polar surface area (TPSA) is 30.5 Å². The lowest BCUT2D eigenvalue weighted by molar-refractivity contribution is 0.233. The van der Waals surface area contributed by atoms with Crippen molar-refractivity contribution in [1.29, 1.82) is 0 Å². The van der Waals surface area contributed by atoms with E-state index < -0.39 is 0 Å². The van der Waals surface area contributed by atoms with E-state index in [1.165, 1.54) is 0 Å². The van der Waals surface area contributed by atoms with E-state index in [1.807, 2.05) is 68.4 Å².